The topological polar surface area (TPSA) is 20.2 Å². The molecule has 0 saturated heterocycles. The van der Waals surface area contributed by atoms with Gasteiger partial charge in [0.2, 0.25) is 0 Å². The number of aliphatic hydroxyl groups is 1. The van der Waals surface area contributed by atoms with Gasteiger partial charge in [0.15, 0.2) is 0 Å². The Morgan fingerprint density at radius 2 is 2.25 bits per heavy atom. The van der Waals surface area contributed by atoms with Gasteiger partial charge in [-0.05, 0) is 25.8 Å². The first kappa shape index (κ1) is 7.70. The van der Waals surface area contributed by atoms with Crippen molar-refractivity contribution in [3.8, 4) is 0 Å². The van der Waals surface area contributed by atoms with Crippen molar-refractivity contribution in [1.29, 1.82) is 0 Å². The van der Waals surface area contributed by atoms with Crippen LogP contribution in [0.2, 0.25) is 0 Å². The van der Waals surface area contributed by atoms with Gasteiger partial charge in [0, 0.05) is 0 Å². The van der Waals surface area contributed by atoms with E-state index in [9.17, 15) is 0 Å². The van der Waals surface area contributed by atoms with Crippen molar-refractivity contribution < 1.29 is 5.11 Å². The van der Waals surface area contributed by atoms with Gasteiger partial charge in [-0.25, -0.2) is 0 Å². The molecule has 1 unspecified atom stereocenters. The average molecular weight is 114 g/mol. The molecular weight excluding hydrogens is 100 g/mol. The SMILES string of the molecule is CC=C(CC)C(C)O. The van der Waals surface area contributed by atoms with Crippen molar-refractivity contribution in [1.82, 2.24) is 0 Å². The van der Waals surface area contributed by atoms with Crippen LogP contribution in [0.15, 0.2) is 11.6 Å². The second kappa shape index (κ2) is 3.67. The highest BCUT2D eigenvalue weighted by Gasteiger charge is 1.97. The van der Waals surface area contributed by atoms with Crippen LogP contribution < -0.4 is 0 Å². The number of aliphatic hydroxyl groups excluding tert-OH is 1. The van der Waals surface area contributed by atoms with E-state index in [2.05, 4.69) is 0 Å². The minimum Gasteiger partial charge on any atom is -0.389 e. The summed E-state index contributed by atoms with van der Waals surface area (Å²) in [5.74, 6) is 0. The maximum atomic E-state index is 8.94. The molecule has 0 heterocycles. The summed E-state index contributed by atoms with van der Waals surface area (Å²) in [5, 5.41) is 8.94. The Morgan fingerprint density at radius 1 is 1.75 bits per heavy atom. The maximum absolute atomic E-state index is 8.94. The molecule has 0 saturated carbocycles. The van der Waals surface area contributed by atoms with E-state index in [1.54, 1.807) is 6.92 Å². The van der Waals surface area contributed by atoms with Crippen molar-refractivity contribution >= 4 is 0 Å². The molecular formula is C7H14O. The monoisotopic (exact) mass is 114 g/mol. The zero-order valence-electron chi connectivity index (χ0n) is 5.81. The van der Waals surface area contributed by atoms with Crippen molar-refractivity contribution in [2.24, 2.45) is 0 Å². The van der Waals surface area contributed by atoms with Crippen LogP contribution in [0.1, 0.15) is 27.2 Å². The van der Waals surface area contributed by atoms with E-state index in [4.69, 9.17) is 5.11 Å². The third kappa shape index (κ3) is 2.12. The molecule has 0 bridgehead atoms. The minimum absolute atomic E-state index is 0.259. The highest BCUT2D eigenvalue weighted by atomic mass is 16.3. The Bertz CT molecular complexity index is 82.4. The molecule has 0 fully saturated rings. The summed E-state index contributed by atoms with van der Waals surface area (Å²) in [6, 6.07) is 0. The van der Waals surface area contributed by atoms with E-state index in [0.29, 0.717) is 0 Å². The lowest BCUT2D eigenvalue weighted by Crippen LogP contribution is -2.02. The summed E-state index contributed by atoms with van der Waals surface area (Å²) in [4.78, 5) is 0. The molecule has 1 N–H and O–H groups in total. The Balaban J connectivity index is 3.72. The van der Waals surface area contributed by atoms with E-state index < -0.39 is 0 Å². The van der Waals surface area contributed by atoms with Crippen LogP contribution in [0.4, 0.5) is 0 Å². The fraction of sp³-hybridized carbons (Fsp3) is 0.714. The van der Waals surface area contributed by atoms with Gasteiger partial charge in [0.05, 0.1) is 6.10 Å². The highest BCUT2D eigenvalue weighted by Crippen LogP contribution is 2.04. The molecule has 0 aromatic heterocycles. The number of hydrogen-bond donors (Lipinski definition) is 1. The molecule has 48 valence electrons. The molecule has 0 radical (unpaired) electrons. The van der Waals surface area contributed by atoms with E-state index >= 15 is 0 Å². The lowest BCUT2D eigenvalue weighted by Gasteiger charge is -2.04. The molecule has 1 nitrogen and oxygen atoms in total. The molecule has 0 aromatic rings. The molecule has 0 amide bonds. The van der Waals surface area contributed by atoms with Gasteiger partial charge in [0.1, 0.15) is 0 Å². The zero-order valence-corrected chi connectivity index (χ0v) is 5.81. The predicted octanol–water partition coefficient (Wildman–Crippen LogP) is 1.72. The minimum atomic E-state index is -0.259. The van der Waals surface area contributed by atoms with Crippen LogP contribution >= 0.6 is 0 Å². The van der Waals surface area contributed by atoms with E-state index in [1.165, 1.54) is 0 Å². The fourth-order valence-corrected chi connectivity index (χ4v) is 0.741. The van der Waals surface area contributed by atoms with Gasteiger partial charge in [-0.15, -0.1) is 0 Å². The standard InChI is InChI=1S/C7H14O/c1-4-7(5-2)6(3)8/h4,6,8H,5H2,1-3H3. The number of hydrogen-bond acceptors (Lipinski definition) is 1. The molecule has 8 heavy (non-hydrogen) atoms. The van der Waals surface area contributed by atoms with E-state index in [0.717, 1.165) is 12.0 Å². The van der Waals surface area contributed by atoms with E-state index in [-0.39, 0.29) is 6.10 Å². The summed E-state index contributed by atoms with van der Waals surface area (Å²) in [6.07, 6.45) is 2.66. The molecule has 0 aliphatic carbocycles. The molecule has 0 aliphatic heterocycles. The summed E-state index contributed by atoms with van der Waals surface area (Å²) < 4.78 is 0. The predicted molar refractivity (Wildman–Crippen MR) is 35.7 cm³/mol. The fourth-order valence-electron chi connectivity index (χ4n) is 0.741. The van der Waals surface area contributed by atoms with Gasteiger partial charge >= 0.3 is 0 Å². The summed E-state index contributed by atoms with van der Waals surface area (Å²) in [5.41, 5.74) is 1.12. The zero-order chi connectivity index (χ0) is 6.57. The van der Waals surface area contributed by atoms with Crippen molar-refractivity contribution in [3.05, 3.63) is 11.6 Å². The molecule has 0 aliphatic rings. The molecule has 0 rings (SSSR count). The quantitative estimate of drug-likeness (QED) is 0.542. The van der Waals surface area contributed by atoms with Crippen molar-refractivity contribution in [2.75, 3.05) is 0 Å². The van der Waals surface area contributed by atoms with Crippen LogP contribution in [-0.4, -0.2) is 11.2 Å². The van der Waals surface area contributed by atoms with Crippen molar-refractivity contribution in [3.63, 3.8) is 0 Å². The Kier molecular flexibility index (Phi) is 3.53. The molecule has 0 spiro atoms. The van der Waals surface area contributed by atoms with Gasteiger partial charge < -0.3 is 5.11 Å². The van der Waals surface area contributed by atoms with Crippen LogP contribution in [-0.2, 0) is 0 Å². The van der Waals surface area contributed by atoms with Gasteiger partial charge in [-0.3, -0.25) is 0 Å². The Labute approximate surface area is 51.0 Å². The lowest BCUT2D eigenvalue weighted by molar-refractivity contribution is 0.228. The first-order valence-corrected chi connectivity index (χ1v) is 3.05. The highest BCUT2D eigenvalue weighted by molar-refractivity contribution is 5.03. The average Bonchev–Trinajstić information content (AvgIpc) is 1.69. The van der Waals surface area contributed by atoms with Gasteiger partial charge in [-0.2, -0.15) is 0 Å². The van der Waals surface area contributed by atoms with E-state index in [1.807, 2.05) is 19.9 Å². The van der Waals surface area contributed by atoms with Crippen LogP contribution in [0.25, 0.3) is 0 Å². The number of rotatable bonds is 2. The first-order valence-electron chi connectivity index (χ1n) is 3.05. The normalized spacial score (nSPS) is 16.2. The van der Waals surface area contributed by atoms with Crippen LogP contribution in [0.3, 0.4) is 0 Å². The second-order valence-electron chi connectivity index (χ2n) is 1.89. The first-order chi connectivity index (χ1) is 3.72. The molecule has 1 heteroatoms. The Hall–Kier alpha value is -0.300. The molecule has 0 aromatic carbocycles. The van der Waals surface area contributed by atoms with Gasteiger partial charge in [-0.1, -0.05) is 13.0 Å². The smallest absolute Gasteiger partial charge is 0.0721 e. The van der Waals surface area contributed by atoms with Crippen LogP contribution in [0, 0.1) is 0 Å². The third-order valence-corrected chi connectivity index (χ3v) is 1.32. The molecule has 1 atom stereocenters. The largest absolute Gasteiger partial charge is 0.389 e. The van der Waals surface area contributed by atoms with Crippen molar-refractivity contribution in [2.45, 2.75) is 33.3 Å². The number of allylic oxidation sites excluding steroid dienone is 1. The second-order valence-corrected chi connectivity index (χ2v) is 1.89. The summed E-state index contributed by atoms with van der Waals surface area (Å²) >= 11 is 0. The third-order valence-electron chi connectivity index (χ3n) is 1.32. The van der Waals surface area contributed by atoms with Crippen LogP contribution in [0.5, 0.6) is 0 Å². The summed E-state index contributed by atoms with van der Waals surface area (Å²) in [7, 11) is 0. The summed E-state index contributed by atoms with van der Waals surface area (Å²) in [6.45, 7) is 5.78. The lowest BCUT2D eigenvalue weighted by atomic mass is 10.1. The van der Waals surface area contributed by atoms with Gasteiger partial charge in [0.25, 0.3) is 0 Å². The Morgan fingerprint density at radius 3 is 2.25 bits per heavy atom. The maximum Gasteiger partial charge on any atom is 0.0721 e.